The van der Waals surface area contributed by atoms with Crippen molar-refractivity contribution in [2.24, 2.45) is 0 Å². The molecule has 0 amide bonds. The van der Waals surface area contributed by atoms with Gasteiger partial charge in [-0.2, -0.15) is 0 Å². The van der Waals surface area contributed by atoms with Crippen LogP contribution in [0.4, 0.5) is 0 Å². The van der Waals surface area contributed by atoms with E-state index >= 15 is 0 Å². The molecule has 0 fully saturated rings. The molecular weight excluding hydrogens is 254 g/mol. The van der Waals surface area contributed by atoms with Crippen LogP contribution in [0.2, 0.25) is 0 Å². The maximum Gasteiger partial charge on any atom is 0.303 e. The third-order valence-electron chi connectivity index (χ3n) is 3.10. The van der Waals surface area contributed by atoms with E-state index in [0.29, 0.717) is 19.8 Å². The summed E-state index contributed by atoms with van der Waals surface area (Å²) in [6, 6.07) is 9.98. The van der Waals surface area contributed by atoms with Gasteiger partial charge in [0.15, 0.2) is 0 Å². The van der Waals surface area contributed by atoms with Gasteiger partial charge in [0.2, 0.25) is 0 Å². The molecule has 0 aliphatic rings. The lowest BCUT2D eigenvalue weighted by Gasteiger charge is -2.24. The number of ether oxygens (including phenoxy) is 2. The second-order valence-corrected chi connectivity index (χ2v) is 4.72. The van der Waals surface area contributed by atoms with E-state index in [-0.39, 0.29) is 12.1 Å². The third kappa shape index (κ3) is 6.68. The molecule has 1 aromatic carbocycles. The Bertz CT molecular complexity index is 377. The molecule has 20 heavy (non-hydrogen) atoms. The highest BCUT2D eigenvalue weighted by Gasteiger charge is 2.15. The fourth-order valence-electron chi connectivity index (χ4n) is 2.01. The maximum absolute atomic E-state index is 11.1. The molecule has 1 rings (SSSR count). The van der Waals surface area contributed by atoms with E-state index < -0.39 is 0 Å². The zero-order valence-corrected chi connectivity index (χ0v) is 12.7. The summed E-state index contributed by atoms with van der Waals surface area (Å²) in [5.41, 5.74) is 1.12. The normalized spacial score (nSPS) is 12.4. The van der Waals surface area contributed by atoms with Gasteiger partial charge in [-0.1, -0.05) is 44.2 Å². The molecule has 4 nitrogen and oxygen atoms in total. The lowest BCUT2D eigenvalue weighted by atomic mass is 10.2. The summed E-state index contributed by atoms with van der Waals surface area (Å²) < 4.78 is 11.0. The van der Waals surface area contributed by atoms with Crippen LogP contribution in [0.1, 0.15) is 26.3 Å². The average Bonchev–Trinajstić information content (AvgIpc) is 2.45. The summed E-state index contributed by atoms with van der Waals surface area (Å²) in [6.07, 6.45) is -0.212. The lowest BCUT2D eigenvalue weighted by Crippen LogP contribution is -2.37. The van der Waals surface area contributed by atoms with Gasteiger partial charge in [0, 0.05) is 13.5 Å². The lowest BCUT2D eigenvalue weighted by molar-refractivity contribution is -0.150. The Labute approximate surface area is 121 Å². The summed E-state index contributed by atoms with van der Waals surface area (Å²) in [5.74, 6) is -0.259. The first-order valence-electron chi connectivity index (χ1n) is 7.16. The van der Waals surface area contributed by atoms with Gasteiger partial charge in [0.1, 0.15) is 6.10 Å². The number of rotatable bonds is 9. The number of hydrogen-bond acceptors (Lipinski definition) is 4. The largest absolute Gasteiger partial charge is 0.459 e. The van der Waals surface area contributed by atoms with Crippen molar-refractivity contribution in [2.45, 2.75) is 33.5 Å². The molecule has 1 aromatic rings. The van der Waals surface area contributed by atoms with Gasteiger partial charge in [-0.05, 0) is 18.7 Å². The smallest absolute Gasteiger partial charge is 0.303 e. The molecule has 0 bridgehead atoms. The van der Waals surface area contributed by atoms with Crippen molar-refractivity contribution in [1.82, 2.24) is 4.90 Å². The predicted molar refractivity (Wildman–Crippen MR) is 79.4 cm³/mol. The minimum absolute atomic E-state index is 0.212. The first kappa shape index (κ1) is 16.7. The molecule has 0 saturated carbocycles. The number of carbonyl (C=O) groups is 1. The second kappa shape index (κ2) is 9.50. The highest BCUT2D eigenvalue weighted by molar-refractivity contribution is 5.66. The Morgan fingerprint density at radius 2 is 1.85 bits per heavy atom. The van der Waals surface area contributed by atoms with Gasteiger partial charge >= 0.3 is 5.97 Å². The first-order valence-corrected chi connectivity index (χ1v) is 7.16. The molecule has 0 saturated heterocycles. The predicted octanol–water partition coefficient (Wildman–Crippen LogP) is 2.48. The van der Waals surface area contributed by atoms with E-state index in [4.69, 9.17) is 9.47 Å². The van der Waals surface area contributed by atoms with E-state index in [1.54, 1.807) is 0 Å². The van der Waals surface area contributed by atoms with E-state index in [1.165, 1.54) is 6.92 Å². The van der Waals surface area contributed by atoms with Crippen LogP contribution in [0.5, 0.6) is 0 Å². The van der Waals surface area contributed by atoms with Crippen LogP contribution < -0.4 is 0 Å². The molecule has 0 aromatic heterocycles. The van der Waals surface area contributed by atoms with Crippen molar-refractivity contribution in [1.29, 1.82) is 0 Å². The van der Waals surface area contributed by atoms with Crippen LogP contribution in [-0.4, -0.2) is 43.2 Å². The topological polar surface area (TPSA) is 38.8 Å². The summed E-state index contributed by atoms with van der Waals surface area (Å²) in [7, 11) is 0. The molecule has 0 N–H and O–H groups in total. The van der Waals surface area contributed by atoms with Gasteiger partial charge in [0.25, 0.3) is 0 Å². The standard InChI is InChI=1S/C16H25NO3/c1-4-17(5-2)11-16(20-14(3)18)13-19-12-15-9-7-6-8-10-15/h6-10,16H,4-5,11-13H2,1-3H3/t16-/m1/s1. The Balaban J connectivity index is 2.41. The fourth-order valence-corrected chi connectivity index (χ4v) is 2.01. The second-order valence-electron chi connectivity index (χ2n) is 4.72. The minimum Gasteiger partial charge on any atom is -0.459 e. The first-order chi connectivity index (χ1) is 9.65. The van der Waals surface area contributed by atoms with Gasteiger partial charge in [0.05, 0.1) is 13.2 Å². The number of benzene rings is 1. The van der Waals surface area contributed by atoms with Crippen LogP contribution in [0, 0.1) is 0 Å². The van der Waals surface area contributed by atoms with Crippen LogP contribution in [0.3, 0.4) is 0 Å². The molecule has 112 valence electrons. The highest BCUT2D eigenvalue weighted by Crippen LogP contribution is 2.04. The Kier molecular flexibility index (Phi) is 7.92. The Morgan fingerprint density at radius 3 is 2.40 bits per heavy atom. The molecule has 0 aliphatic heterocycles. The van der Waals surface area contributed by atoms with Crippen molar-refractivity contribution >= 4 is 5.97 Å². The van der Waals surface area contributed by atoms with E-state index in [0.717, 1.165) is 18.7 Å². The van der Waals surface area contributed by atoms with Gasteiger partial charge in [-0.15, -0.1) is 0 Å². The van der Waals surface area contributed by atoms with Gasteiger partial charge in [-0.3, -0.25) is 4.79 Å². The molecule has 0 radical (unpaired) electrons. The minimum atomic E-state index is -0.259. The maximum atomic E-state index is 11.1. The number of hydrogen-bond donors (Lipinski definition) is 0. The van der Waals surface area contributed by atoms with Gasteiger partial charge in [-0.25, -0.2) is 0 Å². The number of nitrogens with zero attached hydrogens (tertiary/aromatic N) is 1. The van der Waals surface area contributed by atoms with Gasteiger partial charge < -0.3 is 14.4 Å². The highest BCUT2D eigenvalue weighted by atomic mass is 16.6. The number of likely N-dealkylation sites (N-methyl/N-ethyl adjacent to an activating group) is 1. The van der Waals surface area contributed by atoms with Crippen LogP contribution >= 0.6 is 0 Å². The van der Waals surface area contributed by atoms with Crippen molar-refractivity contribution in [3.63, 3.8) is 0 Å². The molecular formula is C16H25NO3. The van der Waals surface area contributed by atoms with E-state index in [1.807, 2.05) is 30.3 Å². The Morgan fingerprint density at radius 1 is 1.20 bits per heavy atom. The van der Waals surface area contributed by atoms with Crippen molar-refractivity contribution in [2.75, 3.05) is 26.2 Å². The average molecular weight is 279 g/mol. The zero-order chi connectivity index (χ0) is 14.8. The zero-order valence-electron chi connectivity index (χ0n) is 12.7. The monoisotopic (exact) mass is 279 g/mol. The van der Waals surface area contributed by atoms with Crippen LogP contribution in [-0.2, 0) is 20.9 Å². The quantitative estimate of drug-likeness (QED) is 0.651. The number of esters is 1. The molecule has 0 spiro atoms. The molecule has 0 heterocycles. The van der Waals surface area contributed by atoms with Crippen molar-refractivity contribution in [3.05, 3.63) is 35.9 Å². The molecule has 0 aliphatic carbocycles. The van der Waals surface area contributed by atoms with Crippen LogP contribution in [0.25, 0.3) is 0 Å². The van der Waals surface area contributed by atoms with Crippen molar-refractivity contribution in [3.8, 4) is 0 Å². The summed E-state index contributed by atoms with van der Waals surface area (Å²) >= 11 is 0. The summed E-state index contributed by atoms with van der Waals surface area (Å²) in [4.78, 5) is 13.4. The molecule has 4 heteroatoms. The van der Waals surface area contributed by atoms with Crippen LogP contribution in [0.15, 0.2) is 30.3 Å². The van der Waals surface area contributed by atoms with E-state index in [2.05, 4.69) is 18.7 Å². The summed E-state index contributed by atoms with van der Waals surface area (Å²) in [5, 5.41) is 0. The number of carbonyl (C=O) groups excluding carboxylic acids is 1. The van der Waals surface area contributed by atoms with E-state index in [9.17, 15) is 4.79 Å². The fraction of sp³-hybridized carbons (Fsp3) is 0.562. The summed E-state index contributed by atoms with van der Waals surface area (Å²) in [6.45, 7) is 9.17. The third-order valence-corrected chi connectivity index (χ3v) is 3.10. The molecule has 1 atom stereocenters. The molecule has 0 unspecified atom stereocenters. The van der Waals surface area contributed by atoms with Crippen molar-refractivity contribution < 1.29 is 14.3 Å². The SMILES string of the molecule is CCN(CC)C[C@H](COCc1ccccc1)OC(C)=O. The Hall–Kier alpha value is -1.39.